The van der Waals surface area contributed by atoms with Crippen molar-refractivity contribution in [2.24, 2.45) is 5.73 Å². The molecule has 1 saturated heterocycles. The van der Waals surface area contributed by atoms with Gasteiger partial charge in [-0.25, -0.2) is 8.42 Å². The van der Waals surface area contributed by atoms with Gasteiger partial charge in [-0.05, 0) is 24.6 Å². The van der Waals surface area contributed by atoms with Crippen molar-refractivity contribution in [1.82, 2.24) is 0 Å². The van der Waals surface area contributed by atoms with Crippen molar-refractivity contribution >= 4 is 9.84 Å². The maximum absolute atomic E-state index is 11.1. The van der Waals surface area contributed by atoms with E-state index in [-0.39, 0.29) is 23.7 Å². The minimum absolute atomic E-state index is 0.0746. The predicted molar refractivity (Wildman–Crippen MR) is 68.7 cm³/mol. The largest absolute Gasteiger partial charge is 0.493 e. The molecule has 1 atom stereocenters. The Morgan fingerprint density at radius 2 is 2.00 bits per heavy atom. The molecule has 1 aromatic carbocycles. The second-order valence-electron chi connectivity index (χ2n) is 4.52. The van der Waals surface area contributed by atoms with Crippen LogP contribution in [0.15, 0.2) is 18.2 Å². The molecule has 2 rings (SSSR count). The molecule has 0 saturated carbocycles. The fourth-order valence-electron chi connectivity index (χ4n) is 1.83. The molecule has 1 unspecified atom stereocenters. The van der Waals surface area contributed by atoms with Crippen LogP contribution in [-0.4, -0.2) is 33.1 Å². The summed E-state index contributed by atoms with van der Waals surface area (Å²) in [4.78, 5) is 0. The van der Waals surface area contributed by atoms with E-state index in [1.165, 1.54) is 0 Å². The van der Waals surface area contributed by atoms with Gasteiger partial charge in [-0.3, -0.25) is 0 Å². The highest BCUT2D eigenvalue weighted by Gasteiger charge is 2.35. The van der Waals surface area contributed by atoms with Crippen LogP contribution in [0.25, 0.3) is 0 Å². The summed E-state index contributed by atoms with van der Waals surface area (Å²) < 4.78 is 32.9. The molecule has 1 aromatic rings. The quantitative estimate of drug-likeness (QED) is 0.880. The molecule has 0 aromatic heterocycles. The van der Waals surface area contributed by atoms with Gasteiger partial charge >= 0.3 is 0 Å². The predicted octanol–water partition coefficient (Wildman–Crippen LogP) is 0.891. The zero-order chi connectivity index (χ0) is 13.3. The summed E-state index contributed by atoms with van der Waals surface area (Å²) in [7, 11) is -1.33. The monoisotopic (exact) mass is 271 g/mol. The zero-order valence-electron chi connectivity index (χ0n) is 10.4. The van der Waals surface area contributed by atoms with Crippen LogP contribution in [0.1, 0.15) is 18.5 Å². The lowest BCUT2D eigenvalue weighted by Gasteiger charge is -2.27. The number of hydrogen-bond donors (Lipinski definition) is 1. The van der Waals surface area contributed by atoms with Gasteiger partial charge in [0.25, 0.3) is 0 Å². The molecule has 0 amide bonds. The van der Waals surface area contributed by atoms with E-state index in [1.807, 2.05) is 19.1 Å². The molecule has 2 N–H and O–H groups in total. The fraction of sp³-hybridized carbons (Fsp3) is 0.500. The lowest BCUT2D eigenvalue weighted by atomic mass is 10.1. The maximum atomic E-state index is 11.1. The highest BCUT2D eigenvalue weighted by atomic mass is 32.2. The van der Waals surface area contributed by atoms with E-state index in [2.05, 4.69) is 0 Å². The van der Waals surface area contributed by atoms with Crippen molar-refractivity contribution in [2.45, 2.75) is 19.1 Å². The first-order valence-electron chi connectivity index (χ1n) is 5.72. The zero-order valence-corrected chi connectivity index (χ0v) is 11.2. The second kappa shape index (κ2) is 4.78. The molecule has 1 heterocycles. The van der Waals surface area contributed by atoms with E-state index in [0.29, 0.717) is 11.5 Å². The molecule has 100 valence electrons. The van der Waals surface area contributed by atoms with Gasteiger partial charge in [-0.1, -0.05) is 6.07 Å². The molecule has 0 bridgehead atoms. The number of rotatable bonds is 4. The molecule has 0 radical (unpaired) electrons. The summed E-state index contributed by atoms with van der Waals surface area (Å²) in [5.41, 5.74) is 6.73. The molecule has 0 spiro atoms. The van der Waals surface area contributed by atoms with E-state index in [1.54, 1.807) is 13.2 Å². The van der Waals surface area contributed by atoms with E-state index in [4.69, 9.17) is 15.2 Å². The lowest BCUT2D eigenvalue weighted by molar-refractivity contribution is 0.219. The van der Waals surface area contributed by atoms with Gasteiger partial charge < -0.3 is 15.2 Å². The summed E-state index contributed by atoms with van der Waals surface area (Å²) >= 11 is 0. The van der Waals surface area contributed by atoms with Crippen LogP contribution >= 0.6 is 0 Å². The van der Waals surface area contributed by atoms with Gasteiger partial charge in [-0.15, -0.1) is 0 Å². The van der Waals surface area contributed by atoms with Gasteiger partial charge in [0.2, 0.25) is 0 Å². The average molecular weight is 271 g/mol. The van der Waals surface area contributed by atoms with Crippen LogP contribution in [0.2, 0.25) is 0 Å². The SMILES string of the molecule is COc1cc(C(C)N)ccc1OC1CS(=O)(=O)C1. The van der Waals surface area contributed by atoms with Crippen molar-refractivity contribution in [1.29, 1.82) is 0 Å². The Hall–Kier alpha value is -1.27. The van der Waals surface area contributed by atoms with Crippen LogP contribution in [0.4, 0.5) is 0 Å². The number of methoxy groups -OCH3 is 1. The molecule has 0 aliphatic carbocycles. The number of hydrogen-bond acceptors (Lipinski definition) is 5. The Morgan fingerprint density at radius 3 is 2.50 bits per heavy atom. The highest BCUT2D eigenvalue weighted by molar-refractivity contribution is 7.92. The van der Waals surface area contributed by atoms with Gasteiger partial charge in [0.1, 0.15) is 6.10 Å². The van der Waals surface area contributed by atoms with E-state index >= 15 is 0 Å². The first-order chi connectivity index (χ1) is 8.41. The van der Waals surface area contributed by atoms with Crippen molar-refractivity contribution in [2.75, 3.05) is 18.6 Å². The standard InChI is InChI=1S/C12H17NO4S/c1-8(13)9-3-4-11(12(5-9)16-2)17-10-6-18(14,15)7-10/h3-5,8,10H,6-7,13H2,1-2H3. The highest BCUT2D eigenvalue weighted by Crippen LogP contribution is 2.32. The molecule has 18 heavy (non-hydrogen) atoms. The molecule has 6 heteroatoms. The van der Waals surface area contributed by atoms with Crippen molar-refractivity contribution in [3.8, 4) is 11.5 Å². The minimum atomic E-state index is -2.88. The molecule has 1 aliphatic rings. The van der Waals surface area contributed by atoms with Crippen molar-refractivity contribution in [3.63, 3.8) is 0 Å². The van der Waals surface area contributed by atoms with Crippen molar-refractivity contribution < 1.29 is 17.9 Å². The molecular formula is C12H17NO4S. The summed E-state index contributed by atoms with van der Waals surface area (Å²) in [6.45, 7) is 1.88. The summed E-state index contributed by atoms with van der Waals surface area (Å²) in [6.07, 6.45) is -0.273. The number of ether oxygens (including phenoxy) is 2. The summed E-state index contributed by atoms with van der Waals surface area (Å²) in [5, 5.41) is 0. The number of sulfone groups is 1. The summed E-state index contributed by atoms with van der Waals surface area (Å²) in [5.74, 6) is 1.28. The Bertz CT molecular complexity index is 527. The van der Waals surface area contributed by atoms with E-state index in [0.717, 1.165) is 5.56 Å². The Morgan fingerprint density at radius 1 is 1.33 bits per heavy atom. The lowest BCUT2D eigenvalue weighted by Crippen LogP contribution is -2.45. The van der Waals surface area contributed by atoms with E-state index < -0.39 is 9.84 Å². The minimum Gasteiger partial charge on any atom is -0.493 e. The third kappa shape index (κ3) is 2.76. The molecule has 1 aliphatic heterocycles. The van der Waals surface area contributed by atoms with E-state index in [9.17, 15) is 8.42 Å². The second-order valence-corrected chi connectivity index (χ2v) is 6.67. The van der Waals surface area contributed by atoms with Gasteiger partial charge in [-0.2, -0.15) is 0 Å². The Balaban J connectivity index is 2.13. The summed E-state index contributed by atoms with van der Waals surface area (Å²) in [6, 6.07) is 5.35. The maximum Gasteiger partial charge on any atom is 0.161 e. The Labute approximate surface area is 107 Å². The first-order valence-corrected chi connectivity index (χ1v) is 7.54. The molecule has 5 nitrogen and oxygen atoms in total. The smallest absolute Gasteiger partial charge is 0.161 e. The molecule has 1 fully saturated rings. The van der Waals surface area contributed by atoms with Gasteiger partial charge in [0, 0.05) is 6.04 Å². The normalized spacial score (nSPS) is 19.9. The van der Waals surface area contributed by atoms with Crippen LogP contribution in [0.3, 0.4) is 0 Å². The van der Waals surface area contributed by atoms with Crippen LogP contribution in [0.5, 0.6) is 11.5 Å². The van der Waals surface area contributed by atoms with Gasteiger partial charge in [0.15, 0.2) is 21.3 Å². The van der Waals surface area contributed by atoms with Gasteiger partial charge in [0.05, 0.1) is 18.6 Å². The van der Waals surface area contributed by atoms with Crippen LogP contribution in [0, 0.1) is 0 Å². The third-order valence-electron chi connectivity index (χ3n) is 2.89. The third-order valence-corrected chi connectivity index (χ3v) is 4.65. The Kier molecular flexibility index (Phi) is 3.49. The molecular weight excluding hydrogens is 254 g/mol. The fourth-order valence-corrected chi connectivity index (χ4v) is 3.00. The topological polar surface area (TPSA) is 78.6 Å². The van der Waals surface area contributed by atoms with Crippen molar-refractivity contribution in [3.05, 3.63) is 23.8 Å². The van der Waals surface area contributed by atoms with Crippen LogP contribution in [-0.2, 0) is 9.84 Å². The number of nitrogens with two attached hydrogens (primary N) is 1. The average Bonchev–Trinajstić information content (AvgIpc) is 2.26. The number of benzene rings is 1. The van der Waals surface area contributed by atoms with Crippen LogP contribution < -0.4 is 15.2 Å². The first kappa shape index (κ1) is 13.2.